The van der Waals surface area contributed by atoms with E-state index in [0.717, 1.165) is 18.4 Å². The number of nitro benzene ring substituents is 1. The lowest BCUT2D eigenvalue weighted by molar-refractivity contribution is -0.384. The third-order valence-electron chi connectivity index (χ3n) is 2.17. The van der Waals surface area contributed by atoms with Gasteiger partial charge in [0.05, 0.1) is 11.5 Å². The predicted octanol–water partition coefficient (Wildman–Crippen LogP) is 3.38. The normalized spacial score (nSPS) is 9.81. The fourth-order valence-corrected chi connectivity index (χ4v) is 1.19. The van der Waals surface area contributed by atoms with Gasteiger partial charge in [0.15, 0.2) is 0 Å². The fourth-order valence-electron chi connectivity index (χ4n) is 1.19. The summed E-state index contributed by atoms with van der Waals surface area (Å²) in [7, 11) is 0. The van der Waals surface area contributed by atoms with E-state index < -0.39 is 4.92 Å². The molecule has 1 aromatic rings. The minimum Gasteiger partial charge on any atom is -0.494 e. The van der Waals surface area contributed by atoms with Gasteiger partial charge in [-0.2, -0.15) is 0 Å². The fraction of sp³-hybridized carbons (Fsp3) is 0.333. The second kappa shape index (κ2) is 5.90. The van der Waals surface area contributed by atoms with Gasteiger partial charge < -0.3 is 4.74 Å². The van der Waals surface area contributed by atoms with Crippen molar-refractivity contribution < 1.29 is 9.66 Å². The number of hydrogen-bond acceptors (Lipinski definition) is 3. The molecule has 0 radical (unpaired) electrons. The molecule has 0 bridgehead atoms. The number of rotatable bonds is 6. The first-order valence-electron chi connectivity index (χ1n) is 5.21. The SMILES string of the molecule is C=C(OCCCC)c1ccc([N+](=O)[O-])cc1. The molecule has 0 unspecified atom stereocenters. The molecule has 0 heterocycles. The average molecular weight is 221 g/mol. The summed E-state index contributed by atoms with van der Waals surface area (Å²) >= 11 is 0. The van der Waals surface area contributed by atoms with E-state index in [4.69, 9.17) is 4.74 Å². The Morgan fingerprint density at radius 2 is 2.06 bits per heavy atom. The van der Waals surface area contributed by atoms with Gasteiger partial charge in [0.25, 0.3) is 5.69 Å². The Balaban J connectivity index is 2.59. The van der Waals surface area contributed by atoms with Crippen molar-refractivity contribution in [2.45, 2.75) is 19.8 Å². The molecule has 0 aliphatic heterocycles. The highest BCUT2D eigenvalue weighted by Crippen LogP contribution is 2.18. The molecule has 0 saturated heterocycles. The molecule has 0 aromatic heterocycles. The number of ether oxygens (including phenoxy) is 1. The van der Waals surface area contributed by atoms with E-state index in [1.54, 1.807) is 12.1 Å². The van der Waals surface area contributed by atoms with Crippen LogP contribution in [0.4, 0.5) is 5.69 Å². The summed E-state index contributed by atoms with van der Waals surface area (Å²) in [6.07, 6.45) is 2.04. The summed E-state index contributed by atoms with van der Waals surface area (Å²) in [4.78, 5) is 10.0. The molecule has 0 aliphatic carbocycles. The van der Waals surface area contributed by atoms with Crippen LogP contribution in [0, 0.1) is 10.1 Å². The Hall–Kier alpha value is -1.84. The predicted molar refractivity (Wildman–Crippen MR) is 63.0 cm³/mol. The van der Waals surface area contributed by atoms with Crippen LogP contribution < -0.4 is 0 Å². The van der Waals surface area contributed by atoms with Crippen molar-refractivity contribution in [1.29, 1.82) is 0 Å². The Morgan fingerprint density at radius 1 is 1.44 bits per heavy atom. The highest BCUT2D eigenvalue weighted by atomic mass is 16.6. The van der Waals surface area contributed by atoms with Gasteiger partial charge >= 0.3 is 0 Å². The number of unbranched alkanes of at least 4 members (excludes halogenated alkanes) is 1. The first kappa shape index (κ1) is 12.2. The molecule has 0 atom stereocenters. The summed E-state index contributed by atoms with van der Waals surface area (Å²) in [5.41, 5.74) is 0.854. The van der Waals surface area contributed by atoms with Gasteiger partial charge in [-0.15, -0.1) is 0 Å². The summed E-state index contributed by atoms with van der Waals surface area (Å²) in [5.74, 6) is 0.559. The zero-order chi connectivity index (χ0) is 12.0. The second-order valence-corrected chi connectivity index (χ2v) is 3.43. The Labute approximate surface area is 94.7 Å². The van der Waals surface area contributed by atoms with Crippen LogP contribution in [0.15, 0.2) is 30.8 Å². The number of nitro groups is 1. The largest absolute Gasteiger partial charge is 0.494 e. The lowest BCUT2D eigenvalue weighted by atomic mass is 10.2. The van der Waals surface area contributed by atoms with Crippen molar-refractivity contribution in [2.24, 2.45) is 0 Å². The van der Waals surface area contributed by atoms with Crippen molar-refractivity contribution in [3.63, 3.8) is 0 Å². The van der Waals surface area contributed by atoms with E-state index in [2.05, 4.69) is 13.5 Å². The molecular formula is C12H15NO3. The zero-order valence-electron chi connectivity index (χ0n) is 9.31. The van der Waals surface area contributed by atoms with E-state index in [1.807, 2.05) is 0 Å². The molecule has 0 saturated carbocycles. The van der Waals surface area contributed by atoms with Gasteiger partial charge in [0.1, 0.15) is 5.76 Å². The Morgan fingerprint density at radius 3 is 2.56 bits per heavy atom. The lowest BCUT2D eigenvalue weighted by Gasteiger charge is -2.08. The molecule has 1 rings (SSSR count). The van der Waals surface area contributed by atoms with Crippen LogP contribution in [0.3, 0.4) is 0 Å². The van der Waals surface area contributed by atoms with Crippen LogP contribution in [-0.2, 0) is 4.74 Å². The molecule has 4 heteroatoms. The van der Waals surface area contributed by atoms with Crippen molar-refractivity contribution >= 4 is 11.4 Å². The minimum absolute atomic E-state index is 0.0742. The number of benzene rings is 1. The van der Waals surface area contributed by atoms with E-state index in [0.29, 0.717) is 12.4 Å². The van der Waals surface area contributed by atoms with E-state index in [9.17, 15) is 10.1 Å². The van der Waals surface area contributed by atoms with E-state index in [1.165, 1.54) is 12.1 Å². The highest BCUT2D eigenvalue weighted by molar-refractivity contribution is 5.58. The molecule has 86 valence electrons. The van der Waals surface area contributed by atoms with Crippen LogP contribution in [0.2, 0.25) is 0 Å². The maximum atomic E-state index is 10.4. The number of hydrogen-bond donors (Lipinski definition) is 0. The van der Waals surface area contributed by atoms with E-state index >= 15 is 0 Å². The standard InChI is InChI=1S/C12H15NO3/c1-3-4-9-16-10(2)11-5-7-12(8-6-11)13(14)15/h5-8H,2-4,9H2,1H3. The summed E-state index contributed by atoms with van der Waals surface area (Å²) in [6.45, 7) is 6.49. The molecule has 4 nitrogen and oxygen atoms in total. The van der Waals surface area contributed by atoms with Gasteiger partial charge in [0, 0.05) is 17.7 Å². The minimum atomic E-state index is -0.426. The summed E-state index contributed by atoms with van der Waals surface area (Å²) < 4.78 is 5.40. The van der Waals surface area contributed by atoms with Crippen LogP contribution in [-0.4, -0.2) is 11.5 Å². The molecule has 16 heavy (non-hydrogen) atoms. The van der Waals surface area contributed by atoms with Crippen LogP contribution in [0.25, 0.3) is 5.76 Å². The van der Waals surface area contributed by atoms with Gasteiger partial charge in [-0.05, 0) is 18.6 Å². The number of non-ortho nitro benzene ring substituents is 1. The van der Waals surface area contributed by atoms with Crippen molar-refractivity contribution in [3.05, 3.63) is 46.5 Å². The number of nitrogens with zero attached hydrogens (tertiary/aromatic N) is 1. The molecule has 0 amide bonds. The lowest BCUT2D eigenvalue weighted by Crippen LogP contribution is -1.94. The summed E-state index contributed by atoms with van der Waals surface area (Å²) in [6, 6.07) is 6.19. The monoisotopic (exact) mass is 221 g/mol. The van der Waals surface area contributed by atoms with Crippen LogP contribution in [0.5, 0.6) is 0 Å². The van der Waals surface area contributed by atoms with Gasteiger partial charge in [-0.3, -0.25) is 10.1 Å². The molecule has 0 N–H and O–H groups in total. The molecule has 0 spiro atoms. The highest BCUT2D eigenvalue weighted by Gasteiger charge is 2.05. The van der Waals surface area contributed by atoms with E-state index in [-0.39, 0.29) is 5.69 Å². The maximum Gasteiger partial charge on any atom is 0.269 e. The Bertz CT molecular complexity index is 370. The van der Waals surface area contributed by atoms with Gasteiger partial charge in [-0.25, -0.2) is 0 Å². The third-order valence-corrected chi connectivity index (χ3v) is 2.17. The quantitative estimate of drug-likeness (QED) is 0.320. The maximum absolute atomic E-state index is 10.4. The molecule has 0 aliphatic rings. The smallest absolute Gasteiger partial charge is 0.269 e. The van der Waals surface area contributed by atoms with Crippen molar-refractivity contribution in [1.82, 2.24) is 0 Å². The first-order valence-corrected chi connectivity index (χ1v) is 5.21. The van der Waals surface area contributed by atoms with Crippen molar-refractivity contribution in [3.8, 4) is 0 Å². The second-order valence-electron chi connectivity index (χ2n) is 3.43. The van der Waals surface area contributed by atoms with Crippen molar-refractivity contribution in [2.75, 3.05) is 6.61 Å². The van der Waals surface area contributed by atoms with Crippen LogP contribution >= 0.6 is 0 Å². The Kier molecular flexibility index (Phi) is 4.51. The van der Waals surface area contributed by atoms with Gasteiger partial charge in [0.2, 0.25) is 0 Å². The average Bonchev–Trinajstić information content (AvgIpc) is 2.29. The zero-order valence-corrected chi connectivity index (χ0v) is 9.31. The van der Waals surface area contributed by atoms with Crippen LogP contribution in [0.1, 0.15) is 25.3 Å². The molecule has 1 aromatic carbocycles. The molecular weight excluding hydrogens is 206 g/mol. The van der Waals surface area contributed by atoms with Gasteiger partial charge in [-0.1, -0.05) is 19.9 Å². The first-order chi connectivity index (χ1) is 7.65. The topological polar surface area (TPSA) is 52.4 Å². The third kappa shape index (κ3) is 3.38. The molecule has 0 fully saturated rings. The summed E-state index contributed by atoms with van der Waals surface area (Å²) in [5, 5.41) is 10.4.